The summed E-state index contributed by atoms with van der Waals surface area (Å²) in [5.74, 6) is 0.781. The minimum Gasteiger partial charge on any atom is -0.479 e. The highest BCUT2D eigenvalue weighted by molar-refractivity contribution is 6.01. The second kappa shape index (κ2) is 9.17. The molecule has 0 saturated heterocycles. The van der Waals surface area contributed by atoms with Crippen LogP contribution in [-0.4, -0.2) is 11.9 Å². The minimum atomic E-state index is -0.588. The molecule has 0 aromatic heterocycles. The Hall–Kier alpha value is -3.07. The fraction of sp³-hybridized carbons (Fsp3) is 0.296. The van der Waals surface area contributed by atoms with Gasteiger partial charge in [-0.2, -0.15) is 0 Å². The molecular formula is C27H29NO2. The molecule has 0 aliphatic carbocycles. The first-order valence-corrected chi connectivity index (χ1v) is 10.9. The molecule has 0 radical (unpaired) electrons. The molecule has 1 heterocycles. The van der Waals surface area contributed by atoms with Crippen molar-refractivity contribution in [2.45, 2.75) is 51.7 Å². The summed E-state index contributed by atoms with van der Waals surface area (Å²) in [6.45, 7) is 4.32. The molecule has 3 nitrogen and oxygen atoms in total. The Morgan fingerprint density at radius 3 is 2.30 bits per heavy atom. The molecule has 0 spiro atoms. The molecule has 2 atom stereocenters. The van der Waals surface area contributed by atoms with Gasteiger partial charge in [0, 0.05) is 16.8 Å². The Morgan fingerprint density at radius 2 is 1.60 bits per heavy atom. The van der Waals surface area contributed by atoms with Crippen LogP contribution >= 0.6 is 0 Å². The fourth-order valence-corrected chi connectivity index (χ4v) is 3.97. The summed E-state index contributed by atoms with van der Waals surface area (Å²) in [6.07, 6.45) is 3.86. The number of anilines is 1. The van der Waals surface area contributed by atoms with Crippen LogP contribution in [0.1, 0.15) is 59.8 Å². The van der Waals surface area contributed by atoms with Crippen LogP contribution in [0.4, 0.5) is 5.69 Å². The van der Waals surface area contributed by atoms with Crippen molar-refractivity contribution < 1.29 is 9.53 Å². The maximum atomic E-state index is 13.3. The third-order valence-electron chi connectivity index (χ3n) is 5.81. The molecule has 4 rings (SSSR count). The monoisotopic (exact) mass is 399 g/mol. The lowest BCUT2D eigenvalue weighted by molar-refractivity contribution is 0.0802. The molecular weight excluding hydrogens is 370 g/mol. The predicted octanol–water partition coefficient (Wildman–Crippen LogP) is 6.39. The van der Waals surface area contributed by atoms with E-state index in [0.29, 0.717) is 5.56 Å². The zero-order valence-corrected chi connectivity index (χ0v) is 17.7. The molecule has 30 heavy (non-hydrogen) atoms. The molecule has 0 bridgehead atoms. The van der Waals surface area contributed by atoms with Crippen LogP contribution in [0, 0.1) is 0 Å². The molecule has 3 aromatic carbocycles. The SMILES string of the molecule is CCCCc1ccc(NC2c3ccccc3OC2C(=O)c2ccc(CC)cc2)cc1. The van der Waals surface area contributed by atoms with Crippen LogP contribution in [0.15, 0.2) is 72.8 Å². The molecule has 0 amide bonds. The zero-order chi connectivity index (χ0) is 20.9. The summed E-state index contributed by atoms with van der Waals surface area (Å²) in [4.78, 5) is 13.3. The first-order chi connectivity index (χ1) is 14.7. The first kappa shape index (κ1) is 20.2. The van der Waals surface area contributed by atoms with Gasteiger partial charge in [-0.1, -0.05) is 74.9 Å². The Balaban J connectivity index is 1.58. The topological polar surface area (TPSA) is 38.3 Å². The number of carbonyl (C=O) groups excluding carboxylic acids is 1. The summed E-state index contributed by atoms with van der Waals surface area (Å²) in [5.41, 5.74) is 5.27. The molecule has 0 fully saturated rings. The van der Waals surface area contributed by atoms with Gasteiger partial charge in [0.15, 0.2) is 6.10 Å². The van der Waals surface area contributed by atoms with Gasteiger partial charge in [-0.05, 0) is 48.6 Å². The van der Waals surface area contributed by atoms with Crippen molar-refractivity contribution in [1.29, 1.82) is 0 Å². The molecule has 3 heteroatoms. The number of Topliss-reactive ketones (excluding diaryl/α,β-unsaturated/α-hetero) is 1. The van der Waals surface area contributed by atoms with Gasteiger partial charge in [0.25, 0.3) is 0 Å². The number of nitrogens with one attached hydrogen (secondary N) is 1. The van der Waals surface area contributed by atoms with Crippen molar-refractivity contribution in [3.05, 3.63) is 95.1 Å². The maximum Gasteiger partial charge on any atom is 0.205 e. The number of ether oxygens (including phenoxy) is 1. The van der Waals surface area contributed by atoms with Crippen LogP contribution in [0.25, 0.3) is 0 Å². The van der Waals surface area contributed by atoms with E-state index in [1.807, 2.05) is 48.5 Å². The number of carbonyl (C=O) groups is 1. The van der Waals surface area contributed by atoms with Crippen LogP contribution in [-0.2, 0) is 12.8 Å². The van der Waals surface area contributed by atoms with E-state index in [2.05, 4.69) is 43.4 Å². The van der Waals surface area contributed by atoms with Crippen molar-refractivity contribution in [2.75, 3.05) is 5.32 Å². The Bertz CT molecular complexity index is 992. The van der Waals surface area contributed by atoms with Gasteiger partial charge in [-0.3, -0.25) is 4.79 Å². The van der Waals surface area contributed by atoms with E-state index in [9.17, 15) is 4.79 Å². The lowest BCUT2D eigenvalue weighted by atomic mass is 9.96. The van der Waals surface area contributed by atoms with Crippen molar-refractivity contribution in [2.24, 2.45) is 0 Å². The zero-order valence-electron chi connectivity index (χ0n) is 17.7. The first-order valence-electron chi connectivity index (χ1n) is 10.9. The normalized spacial score (nSPS) is 17.3. The van der Waals surface area contributed by atoms with Crippen molar-refractivity contribution in [1.82, 2.24) is 0 Å². The average molecular weight is 400 g/mol. The molecule has 2 unspecified atom stereocenters. The van der Waals surface area contributed by atoms with Gasteiger partial charge in [-0.25, -0.2) is 0 Å². The molecule has 1 aliphatic heterocycles. The molecule has 1 N–H and O–H groups in total. The van der Waals surface area contributed by atoms with E-state index in [0.717, 1.165) is 29.8 Å². The van der Waals surface area contributed by atoms with E-state index in [1.165, 1.54) is 24.0 Å². The highest BCUT2D eigenvalue weighted by Gasteiger charge is 2.39. The second-order valence-electron chi connectivity index (χ2n) is 7.91. The summed E-state index contributed by atoms with van der Waals surface area (Å²) in [7, 11) is 0. The standard InChI is InChI=1S/C27H29NO2/c1-3-5-8-20-13-17-22(18-14-20)28-25-23-9-6-7-10-24(23)30-27(25)26(29)21-15-11-19(4-2)12-16-21/h6-7,9-18,25,27-28H,3-5,8H2,1-2H3. The number of aryl methyl sites for hydroxylation is 2. The number of hydrogen-bond donors (Lipinski definition) is 1. The largest absolute Gasteiger partial charge is 0.479 e. The summed E-state index contributed by atoms with van der Waals surface area (Å²) < 4.78 is 6.13. The molecule has 1 aliphatic rings. The van der Waals surface area contributed by atoms with E-state index < -0.39 is 6.10 Å². The van der Waals surface area contributed by atoms with Gasteiger partial charge in [0.1, 0.15) is 5.75 Å². The highest BCUT2D eigenvalue weighted by atomic mass is 16.5. The Morgan fingerprint density at radius 1 is 0.900 bits per heavy atom. The number of para-hydroxylation sites is 1. The van der Waals surface area contributed by atoms with Crippen molar-refractivity contribution in [3.8, 4) is 5.75 Å². The van der Waals surface area contributed by atoms with Gasteiger partial charge in [-0.15, -0.1) is 0 Å². The third-order valence-corrected chi connectivity index (χ3v) is 5.81. The van der Waals surface area contributed by atoms with Crippen LogP contribution in [0.5, 0.6) is 5.75 Å². The molecule has 3 aromatic rings. The molecule has 154 valence electrons. The number of benzene rings is 3. The number of fused-ring (bicyclic) bond motifs is 1. The quantitative estimate of drug-likeness (QED) is 0.446. The van der Waals surface area contributed by atoms with E-state index in [-0.39, 0.29) is 11.8 Å². The maximum absolute atomic E-state index is 13.3. The predicted molar refractivity (Wildman–Crippen MR) is 122 cm³/mol. The van der Waals surface area contributed by atoms with Crippen molar-refractivity contribution in [3.63, 3.8) is 0 Å². The van der Waals surface area contributed by atoms with Gasteiger partial charge in [0.2, 0.25) is 5.78 Å². The van der Waals surface area contributed by atoms with E-state index in [1.54, 1.807) is 0 Å². The second-order valence-corrected chi connectivity index (χ2v) is 7.91. The van der Waals surface area contributed by atoms with Gasteiger partial charge in [0.05, 0.1) is 6.04 Å². The smallest absolute Gasteiger partial charge is 0.205 e. The number of hydrogen-bond acceptors (Lipinski definition) is 3. The van der Waals surface area contributed by atoms with E-state index >= 15 is 0 Å². The lowest BCUT2D eigenvalue weighted by Gasteiger charge is -2.21. The fourth-order valence-electron chi connectivity index (χ4n) is 3.97. The van der Waals surface area contributed by atoms with Crippen LogP contribution < -0.4 is 10.1 Å². The lowest BCUT2D eigenvalue weighted by Crippen LogP contribution is -2.33. The van der Waals surface area contributed by atoms with Gasteiger partial charge < -0.3 is 10.1 Å². The highest BCUT2D eigenvalue weighted by Crippen LogP contribution is 2.39. The number of unbranched alkanes of at least 4 members (excludes halogenated alkanes) is 1. The Kier molecular flexibility index (Phi) is 6.18. The van der Waals surface area contributed by atoms with Crippen molar-refractivity contribution >= 4 is 11.5 Å². The summed E-state index contributed by atoms with van der Waals surface area (Å²) >= 11 is 0. The van der Waals surface area contributed by atoms with E-state index in [4.69, 9.17) is 4.74 Å². The average Bonchev–Trinajstić information content (AvgIpc) is 3.16. The molecule has 0 saturated carbocycles. The third kappa shape index (κ3) is 4.25. The number of rotatable bonds is 8. The Labute approximate surface area is 179 Å². The summed E-state index contributed by atoms with van der Waals surface area (Å²) in [6, 6.07) is 24.1. The number of ketones is 1. The van der Waals surface area contributed by atoms with Crippen LogP contribution in [0.2, 0.25) is 0 Å². The summed E-state index contributed by atoms with van der Waals surface area (Å²) in [5, 5.41) is 3.56. The van der Waals surface area contributed by atoms with Gasteiger partial charge >= 0.3 is 0 Å². The minimum absolute atomic E-state index is 0.00548. The van der Waals surface area contributed by atoms with Crippen LogP contribution in [0.3, 0.4) is 0 Å².